The van der Waals surface area contributed by atoms with Crippen LogP contribution in [-0.4, -0.2) is 35.7 Å². The molecule has 1 aliphatic rings. The number of aromatic nitrogens is 2. The van der Waals surface area contributed by atoms with Gasteiger partial charge in [-0.05, 0) is 36.8 Å². The minimum atomic E-state index is -0.282. The first-order valence-corrected chi connectivity index (χ1v) is 10.0. The van der Waals surface area contributed by atoms with Gasteiger partial charge >= 0.3 is 0 Å². The van der Waals surface area contributed by atoms with Crippen molar-refractivity contribution in [3.8, 4) is 5.75 Å². The van der Waals surface area contributed by atoms with Crippen LogP contribution in [0.4, 0.5) is 10.8 Å². The molecular weight excluding hydrogens is 388 g/mol. The third-order valence-corrected chi connectivity index (χ3v) is 5.87. The van der Waals surface area contributed by atoms with Crippen LogP contribution in [0.1, 0.15) is 33.3 Å². The maximum Gasteiger partial charge on any atom is 0.257 e. The second-order valence-corrected chi connectivity index (χ2v) is 7.83. The van der Waals surface area contributed by atoms with E-state index >= 15 is 0 Å². The topological polar surface area (TPSA) is 84.4 Å². The summed E-state index contributed by atoms with van der Waals surface area (Å²) in [6.07, 6.45) is 0.382. The van der Waals surface area contributed by atoms with Gasteiger partial charge in [0.1, 0.15) is 10.8 Å². The van der Waals surface area contributed by atoms with Gasteiger partial charge in [0.25, 0.3) is 5.91 Å². The fraction of sp³-hybridized carbons (Fsp3) is 0.238. The number of anilines is 2. The highest BCUT2D eigenvalue weighted by Gasteiger charge is 2.34. The Morgan fingerprint density at radius 3 is 2.83 bits per heavy atom. The van der Waals surface area contributed by atoms with Gasteiger partial charge in [0.15, 0.2) is 0 Å². The van der Waals surface area contributed by atoms with E-state index in [1.807, 2.05) is 31.2 Å². The number of hydrogen-bond acceptors (Lipinski definition) is 6. The number of para-hydroxylation sites is 1. The molecule has 0 bridgehead atoms. The highest BCUT2D eigenvalue weighted by molar-refractivity contribution is 7.15. The van der Waals surface area contributed by atoms with E-state index in [1.54, 1.807) is 36.3 Å². The van der Waals surface area contributed by atoms with Crippen LogP contribution in [0.15, 0.2) is 48.5 Å². The van der Waals surface area contributed by atoms with Gasteiger partial charge < -0.3 is 9.64 Å². The summed E-state index contributed by atoms with van der Waals surface area (Å²) in [5.74, 6) is 0.357. The van der Waals surface area contributed by atoms with Gasteiger partial charge in [-0.15, -0.1) is 10.2 Å². The Labute approximate surface area is 172 Å². The summed E-state index contributed by atoms with van der Waals surface area (Å²) in [7, 11) is 1.55. The van der Waals surface area contributed by atoms with Crippen molar-refractivity contribution in [1.29, 1.82) is 0 Å². The van der Waals surface area contributed by atoms with E-state index in [9.17, 15) is 9.59 Å². The Morgan fingerprint density at radius 2 is 2.03 bits per heavy atom. The Bertz CT molecular complexity index is 1070. The number of carbonyl (C=O) groups is 2. The average Bonchev–Trinajstić information content (AvgIpc) is 3.35. The first-order chi connectivity index (χ1) is 14.0. The fourth-order valence-corrected chi connectivity index (χ4v) is 4.19. The van der Waals surface area contributed by atoms with Crippen LogP contribution in [0.5, 0.6) is 5.75 Å². The minimum absolute atomic E-state index is 0.0397. The molecule has 0 aliphatic carbocycles. The molecular formula is C21H20N4O3S. The van der Waals surface area contributed by atoms with Crippen molar-refractivity contribution >= 4 is 34.0 Å². The molecule has 2 aromatic carbocycles. The third-order valence-electron chi connectivity index (χ3n) is 4.87. The molecule has 148 valence electrons. The predicted molar refractivity (Wildman–Crippen MR) is 112 cm³/mol. The molecule has 1 aromatic heterocycles. The van der Waals surface area contributed by atoms with Crippen molar-refractivity contribution in [2.75, 3.05) is 23.9 Å². The van der Waals surface area contributed by atoms with Crippen LogP contribution in [0.2, 0.25) is 0 Å². The largest absolute Gasteiger partial charge is 0.497 e. The molecule has 7 nitrogen and oxygen atoms in total. The maximum absolute atomic E-state index is 12.5. The molecule has 0 radical (unpaired) electrons. The van der Waals surface area contributed by atoms with Gasteiger partial charge in [-0.1, -0.05) is 35.6 Å². The number of amides is 2. The number of rotatable bonds is 5. The van der Waals surface area contributed by atoms with Crippen molar-refractivity contribution < 1.29 is 14.3 Å². The number of hydrogen-bond donors (Lipinski definition) is 1. The van der Waals surface area contributed by atoms with Crippen LogP contribution >= 0.6 is 11.3 Å². The van der Waals surface area contributed by atoms with E-state index in [1.165, 1.54) is 11.3 Å². The molecule has 1 fully saturated rings. The van der Waals surface area contributed by atoms with Crippen LogP contribution < -0.4 is 15.0 Å². The van der Waals surface area contributed by atoms with Gasteiger partial charge in [0, 0.05) is 30.1 Å². The van der Waals surface area contributed by atoms with E-state index in [-0.39, 0.29) is 17.7 Å². The van der Waals surface area contributed by atoms with Crippen molar-refractivity contribution in [3.63, 3.8) is 0 Å². The van der Waals surface area contributed by atoms with E-state index in [2.05, 4.69) is 15.5 Å². The quantitative estimate of drug-likeness (QED) is 0.697. The number of carbonyl (C=O) groups excluding carboxylic acids is 2. The third kappa shape index (κ3) is 3.97. The number of ether oxygens (including phenoxy) is 1. The van der Waals surface area contributed by atoms with Crippen molar-refractivity contribution in [3.05, 3.63) is 64.7 Å². The normalized spacial score (nSPS) is 16.1. The highest BCUT2D eigenvalue weighted by Crippen LogP contribution is 2.35. The minimum Gasteiger partial charge on any atom is -0.497 e. The van der Waals surface area contributed by atoms with Crippen LogP contribution in [0.3, 0.4) is 0 Å². The van der Waals surface area contributed by atoms with E-state index in [0.717, 1.165) is 16.3 Å². The van der Waals surface area contributed by atoms with Gasteiger partial charge in [0.2, 0.25) is 11.0 Å². The second-order valence-electron chi connectivity index (χ2n) is 6.82. The number of nitrogens with one attached hydrogen (secondary N) is 1. The number of benzene rings is 2. The number of aryl methyl sites for hydroxylation is 1. The predicted octanol–water partition coefficient (Wildman–Crippen LogP) is 3.63. The summed E-state index contributed by atoms with van der Waals surface area (Å²) in [6.45, 7) is 2.55. The molecule has 2 amide bonds. The molecule has 1 unspecified atom stereocenters. The summed E-state index contributed by atoms with van der Waals surface area (Å²) in [4.78, 5) is 26.8. The van der Waals surface area contributed by atoms with Crippen molar-refractivity contribution in [2.24, 2.45) is 0 Å². The smallest absolute Gasteiger partial charge is 0.257 e. The van der Waals surface area contributed by atoms with Crippen LogP contribution in [0, 0.1) is 6.92 Å². The standard InChI is InChI=1S/C21H20N4O3S/c1-13-6-3-4-9-17(13)25-12-15(11-18(25)26)20-23-24-21(29-20)22-19(27)14-7-5-8-16(10-14)28-2/h3-10,15H,11-12H2,1-2H3,(H,22,24,27). The zero-order valence-corrected chi connectivity index (χ0v) is 16.9. The summed E-state index contributed by atoms with van der Waals surface area (Å²) >= 11 is 1.30. The monoisotopic (exact) mass is 408 g/mol. The molecule has 29 heavy (non-hydrogen) atoms. The summed E-state index contributed by atoms with van der Waals surface area (Å²) < 4.78 is 5.15. The lowest BCUT2D eigenvalue weighted by Gasteiger charge is -2.18. The Hall–Kier alpha value is -3.26. The molecule has 4 rings (SSSR count). The average molecular weight is 408 g/mol. The molecule has 1 aliphatic heterocycles. The SMILES string of the molecule is COc1cccc(C(=O)Nc2nnc(C3CC(=O)N(c4ccccc4C)C3)s2)c1. The molecule has 3 aromatic rings. The summed E-state index contributed by atoms with van der Waals surface area (Å²) in [5.41, 5.74) is 2.46. The first kappa shape index (κ1) is 19.1. The lowest BCUT2D eigenvalue weighted by Crippen LogP contribution is -2.25. The molecule has 1 N–H and O–H groups in total. The second kappa shape index (κ2) is 8.00. The van der Waals surface area contributed by atoms with Gasteiger partial charge in [-0.3, -0.25) is 14.9 Å². The molecule has 0 saturated carbocycles. The molecule has 0 spiro atoms. The first-order valence-electron chi connectivity index (χ1n) is 9.20. The zero-order chi connectivity index (χ0) is 20.4. The number of methoxy groups -OCH3 is 1. The van der Waals surface area contributed by atoms with E-state index in [4.69, 9.17) is 4.74 Å². The number of nitrogens with zero attached hydrogens (tertiary/aromatic N) is 3. The Kier molecular flexibility index (Phi) is 5.26. The summed E-state index contributed by atoms with van der Waals surface area (Å²) in [5, 5.41) is 12.2. The fourth-order valence-electron chi connectivity index (χ4n) is 3.36. The molecule has 1 atom stereocenters. The van der Waals surface area contributed by atoms with Gasteiger partial charge in [-0.25, -0.2) is 0 Å². The molecule has 8 heteroatoms. The van der Waals surface area contributed by atoms with Crippen molar-refractivity contribution in [1.82, 2.24) is 10.2 Å². The highest BCUT2D eigenvalue weighted by atomic mass is 32.1. The van der Waals surface area contributed by atoms with Gasteiger partial charge in [-0.2, -0.15) is 0 Å². The van der Waals surface area contributed by atoms with Crippen LogP contribution in [0.25, 0.3) is 0 Å². The Balaban J connectivity index is 1.46. The van der Waals surface area contributed by atoms with Crippen LogP contribution in [-0.2, 0) is 4.79 Å². The van der Waals surface area contributed by atoms with Gasteiger partial charge in [0.05, 0.1) is 7.11 Å². The molecule has 1 saturated heterocycles. The van der Waals surface area contributed by atoms with E-state index in [0.29, 0.717) is 29.4 Å². The lowest BCUT2D eigenvalue weighted by atomic mass is 10.1. The Morgan fingerprint density at radius 1 is 1.21 bits per heavy atom. The lowest BCUT2D eigenvalue weighted by molar-refractivity contribution is -0.117. The molecule has 2 heterocycles. The van der Waals surface area contributed by atoms with Crippen molar-refractivity contribution in [2.45, 2.75) is 19.3 Å². The summed E-state index contributed by atoms with van der Waals surface area (Å²) in [6, 6.07) is 14.7. The maximum atomic E-state index is 12.5. The zero-order valence-electron chi connectivity index (χ0n) is 16.1. The van der Waals surface area contributed by atoms with E-state index < -0.39 is 0 Å².